The third kappa shape index (κ3) is 2.36. The normalized spacial score (nSPS) is 10.1. The summed E-state index contributed by atoms with van der Waals surface area (Å²) in [6, 6.07) is 4.31. The van der Waals surface area contributed by atoms with Crippen molar-refractivity contribution < 1.29 is 0 Å². The van der Waals surface area contributed by atoms with Crippen molar-refractivity contribution >= 4 is 0 Å². The molecule has 0 aromatic carbocycles. The van der Waals surface area contributed by atoms with Crippen LogP contribution in [0.25, 0.3) is 0 Å². The van der Waals surface area contributed by atoms with Crippen molar-refractivity contribution in [3.05, 3.63) is 23.0 Å². The highest BCUT2D eigenvalue weighted by Crippen LogP contribution is 2.12. The quantitative estimate of drug-likeness (QED) is 0.735. The van der Waals surface area contributed by atoms with Crippen LogP contribution in [-0.4, -0.2) is 11.1 Å². The summed E-state index contributed by atoms with van der Waals surface area (Å²) in [6.07, 6.45) is 0.574. The predicted molar refractivity (Wildman–Crippen MR) is 56.8 cm³/mol. The zero-order valence-corrected chi connectivity index (χ0v) is 9.09. The third-order valence-corrected chi connectivity index (χ3v) is 2.61. The van der Waals surface area contributed by atoms with E-state index < -0.39 is 0 Å². The molecule has 0 bridgehead atoms. The van der Waals surface area contributed by atoms with Crippen molar-refractivity contribution in [3.8, 4) is 6.07 Å². The predicted octanol–water partition coefficient (Wildman–Crippen LogP) is 1.65. The van der Waals surface area contributed by atoms with Crippen LogP contribution in [0.2, 0.25) is 0 Å². The zero-order chi connectivity index (χ0) is 10.6. The molecule has 1 rings (SSSR count). The standard InChI is InChI=1S/C11H17N3/c1-9-7-11(10(2)14(9)3)8-13-6-4-5-12/h7,13H,4,6,8H2,1-3H3. The molecular weight excluding hydrogens is 174 g/mol. The molecule has 0 saturated carbocycles. The van der Waals surface area contributed by atoms with Gasteiger partial charge in [0.05, 0.1) is 6.07 Å². The van der Waals surface area contributed by atoms with Crippen molar-refractivity contribution in [2.45, 2.75) is 26.8 Å². The summed E-state index contributed by atoms with van der Waals surface area (Å²) in [7, 11) is 2.07. The van der Waals surface area contributed by atoms with Crippen molar-refractivity contribution in [2.24, 2.45) is 7.05 Å². The number of hydrogen-bond donors (Lipinski definition) is 1. The van der Waals surface area contributed by atoms with E-state index in [9.17, 15) is 0 Å². The molecule has 0 aliphatic heterocycles. The van der Waals surface area contributed by atoms with Gasteiger partial charge < -0.3 is 9.88 Å². The molecule has 0 spiro atoms. The highest BCUT2D eigenvalue weighted by atomic mass is 15.0. The maximum absolute atomic E-state index is 8.37. The summed E-state index contributed by atoms with van der Waals surface area (Å²) in [5.41, 5.74) is 3.90. The van der Waals surface area contributed by atoms with Gasteiger partial charge in [-0.2, -0.15) is 5.26 Å². The van der Waals surface area contributed by atoms with Crippen LogP contribution in [0, 0.1) is 25.2 Å². The zero-order valence-electron chi connectivity index (χ0n) is 9.09. The lowest BCUT2D eigenvalue weighted by molar-refractivity contribution is 0.693. The average molecular weight is 191 g/mol. The number of nitrogens with zero attached hydrogens (tertiary/aromatic N) is 2. The fraction of sp³-hybridized carbons (Fsp3) is 0.545. The van der Waals surface area contributed by atoms with Gasteiger partial charge >= 0.3 is 0 Å². The maximum atomic E-state index is 8.37. The molecule has 14 heavy (non-hydrogen) atoms. The van der Waals surface area contributed by atoms with E-state index in [-0.39, 0.29) is 0 Å². The SMILES string of the molecule is Cc1cc(CNCCC#N)c(C)n1C. The first kappa shape index (κ1) is 10.8. The molecule has 1 aromatic heterocycles. The third-order valence-electron chi connectivity index (χ3n) is 2.61. The fourth-order valence-electron chi connectivity index (χ4n) is 1.48. The molecule has 0 aliphatic carbocycles. The van der Waals surface area contributed by atoms with Crippen molar-refractivity contribution in [1.29, 1.82) is 5.26 Å². The van der Waals surface area contributed by atoms with Gasteiger partial charge in [0.2, 0.25) is 0 Å². The number of hydrogen-bond acceptors (Lipinski definition) is 2. The van der Waals surface area contributed by atoms with E-state index in [1.807, 2.05) is 0 Å². The van der Waals surface area contributed by atoms with E-state index in [1.165, 1.54) is 17.0 Å². The first-order valence-electron chi connectivity index (χ1n) is 4.86. The highest BCUT2D eigenvalue weighted by Gasteiger charge is 2.04. The number of nitrogens with one attached hydrogen (secondary N) is 1. The minimum absolute atomic E-state index is 0.574. The van der Waals surface area contributed by atoms with E-state index in [1.54, 1.807) is 0 Å². The second kappa shape index (κ2) is 4.83. The van der Waals surface area contributed by atoms with Gasteiger partial charge in [-0.25, -0.2) is 0 Å². The van der Waals surface area contributed by atoms with E-state index in [0.717, 1.165) is 13.1 Å². The van der Waals surface area contributed by atoms with Gasteiger partial charge in [0.15, 0.2) is 0 Å². The lowest BCUT2D eigenvalue weighted by atomic mass is 10.2. The van der Waals surface area contributed by atoms with Gasteiger partial charge in [-0.15, -0.1) is 0 Å². The molecule has 0 unspecified atom stereocenters. The molecule has 3 nitrogen and oxygen atoms in total. The summed E-state index contributed by atoms with van der Waals surface area (Å²) >= 11 is 0. The van der Waals surface area contributed by atoms with Crippen LogP contribution in [-0.2, 0) is 13.6 Å². The molecule has 0 fully saturated rings. The Labute approximate surface area is 85.3 Å². The van der Waals surface area contributed by atoms with E-state index in [0.29, 0.717) is 6.42 Å². The highest BCUT2D eigenvalue weighted by molar-refractivity contribution is 5.26. The summed E-state index contributed by atoms with van der Waals surface area (Å²) in [5.74, 6) is 0. The Hall–Kier alpha value is -1.27. The van der Waals surface area contributed by atoms with E-state index in [4.69, 9.17) is 5.26 Å². The van der Waals surface area contributed by atoms with E-state index in [2.05, 4.69) is 42.9 Å². The van der Waals surface area contributed by atoms with Crippen LogP contribution in [0.5, 0.6) is 0 Å². The second-order valence-corrected chi connectivity index (χ2v) is 3.54. The fourth-order valence-corrected chi connectivity index (χ4v) is 1.48. The molecular formula is C11H17N3. The Bertz CT molecular complexity index is 344. The Morgan fingerprint density at radius 3 is 2.71 bits per heavy atom. The molecule has 0 aliphatic rings. The minimum Gasteiger partial charge on any atom is -0.352 e. The van der Waals surface area contributed by atoms with Crippen molar-refractivity contribution in [2.75, 3.05) is 6.54 Å². The number of rotatable bonds is 4. The van der Waals surface area contributed by atoms with Crippen LogP contribution >= 0.6 is 0 Å². The molecule has 0 amide bonds. The van der Waals surface area contributed by atoms with Crippen LogP contribution in [0.1, 0.15) is 23.4 Å². The summed E-state index contributed by atoms with van der Waals surface area (Å²) in [6.45, 7) is 5.85. The van der Waals surface area contributed by atoms with Crippen LogP contribution in [0.15, 0.2) is 6.07 Å². The molecule has 0 radical (unpaired) electrons. The van der Waals surface area contributed by atoms with Gasteiger partial charge in [0, 0.05) is 37.9 Å². The molecule has 0 saturated heterocycles. The van der Waals surface area contributed by atoms with Gasteiger partial charge in [0.25, 0.3) is 0 Å². The minimum atomic E-state index is 0.574. The first-order valence-corrected chi connectivity index (χ1v) is 4.86. The molecule has 1 heterocycles. The summed E-state index contributed by atoms with van der Waals surface area (Å²) < 4.78 is 2.18. The van der Waals surface area contributed by atoms with Gasteiger partial charge in [0.1, 0.15) is 0 Å². The lowest BCUT2D eigenvalue weighted by Crippen LogP contribution is -2.14. The van der Waals surface area contributed by atoms with Gasteiger partial charge in [-0.05, 0) is 25.5 Å². The smallest absolute Gasteiger partial charge is 0.0635 e. The largest absolute Gasteiger partial charge is 0.352 e. The lowest BCUT2D eigenvalue weighted by Gasteiger charge is -2.03. The van der Waals surface area contributed by atoms with Gasteiger partial charge in [-0.3, -0.25) is 0 Å². The summed E-state index contributed by atoms with van der Waals surface area (Å²) in [4.78, 5) is 0. The Kier molecular flexibility index (Phi) is 3.73. The first-order chi connectivity index (χ1) is 6.66. The number of aromatic nitrogens is 1. The topological polar surface area (TPSA) is 40.8 Å². The number of nitriles is 1. The van der Waals surface area contributed by atoms with Crippen LogP contribution < -0.4 is 5.32 Å². The molecule has 1 N–H and O–H groups in total. The molecule has 76 valence electrons. The molecule has 0 atom stereocenters. The number of aryl methyl sites for hydroxylation is 1. The maximum Gasteiger partial charge on any atom is 0.0635 e. The summed E-state index contributed by atoms with van der Waals surface area (Å²) in [5, 5.41) is 11.6. The van der Waals surface area contributed by atoms with Crippen molar-refractivity contribution in [3.63, 3.8) is 0 Å². The Morgan fingerprint density at radius 1 is 1.50 bits per heavy atom. The molecule has 3 heteroatoms. The molecule has 1 aromatic rings. The Balaban J connectivity index is 2.52. The Morgan fingerprint density at radius 2 is 2.21 bits per heavy atom. The van der Waals surface area contributed by atoms with E-state index >= 15 is 0 Å². The van der Waals surface area contributed by atoms with Crippen LogP contribution in [0.3, 0.4) is 0 Å². The second-order valence-electron chi connectivity index (χ2n) is 3.54. The van der Waals surface area contributed by atoms with Crippen molar-refractivity contribution in [1.82, 2.24) is 9.88 Å². The van der Waals surface area contributed by atoms with Gasteiger partial charge in [-0.1, -0.05) is 0 Å². The van der Waals surface area contributed by atoms with Crippen LogP contribution in [0.4, 0.5) is 0 Å². The average Bonchev–Trinajstić information content (AvgIpc) is 2.41. The monoisotopic (exact) mass is 191 g/mol.